The maximum absolute atomic E-state index is 4.04. The van der Waals surface area contributed by atoms with Crippen LogP contribution in [-0.4, -0.2) is 13.6 Å². The smallest absolute Gasteiger partial charge is 0.00138 e. The highest BCUT2D eigenvalue weighted by atomic mass is 14.8. The van der Waals surface area contributed by atoms with Gasteiger partial charge in [0.1, 0.15) is 0 Å². The Balaban J connectivity index is 5.38. The van der Waals surface area contributed by atoms with E-state index in [0.29, 0.717) is 23.7 Å². The van der Waals surface area contributed by atoms with Gasteiger partial charge in [-0.05, 0) is 51.0 Å². The molecule has 0 saturated carbocycles. The zero-order chi connectivity index (χ0) is 18.5. The molecule has 1 nitrogen and oxygen atoms in total. The Bertz CT molecular complexity index is 462. The van der Waals surface area contributed by atoms with Gasteiger partial charge < -0.3 is 5.32 Å². The van der Waals surface area contributed by atoms with Crippen LogP contribution in [0.5, 0.6) is 0 Å². The first kappa shape index (κ1) is 22.7. The van der Waals surface area contributed by atoms with Crippen LogP contribution in [0.25, 0.3) is 0 Å². The minimum Gasteiger partial charge on any atom is -0.319 e. The summed E-state index contributed by atoms with van der Waals surface area (Å²) < 4.78 is 0. The predicted octanol–water partition coefficient (Wildman–Crippen LogP) is 6.33. The van der Waals surface area contributed by atoms with Gasteiger partial charge in [0.2, 0.25) is 0 Å². The second-order valence-electron chi connectivity index (χ2n) is 7.19. The molecule has 24 heavy (non-hydrogen) atoms. The average Bonchev–Trinajstić information content (AvgIpc) is 2.53. The number of rotatable bonds is 11. The molecule has 0 amide bonds. The SMILES string of the molecule is C=CC(CNC)C(C)C(C)\C(=C/C=C\C=C\C)C/C(C)=C/C(C)C. The number of hydrogen-bond acceptors (Lipinski definition) is 1. The Labute approximate surface area is 151 Å². The molecule has 0 rings (SSSR count). The summed E-state index contributed by atoms with van der Waals surface area (Å²) >= 11 is 0. The van der Waals surface area contributed by atoms with Gasteiger partial charge in [0, 0.05) is 6.54 Å². The van der Waals surface area contributed by atoms with Crippen molar-refractivity contribution in [3.63, 3.8) is 0 Å². The van der Waals surface area contributed by atoms with Crippen LogP contribution in [0.2, 0.25) is 0 Å². The molecular weight excluding hydrogens is 290 g/mol. The normalized spacial score (nSPS) is 17.7. The van der Waals surface area contributed by atoms with Crippen molar-refractivity contribution < 1.29 is 0 Å². The second-order valence-corrected chi connectivity index (χ2v) is 7.19. The molecule has 0 saturated heterocycles. The van der Waals surface area contributed by atoms with Gasteiger partial charge in [-0.15, -0.1) is 6.58 Å². The highest BCUT2D eigenvalue weighted by Gasteiger charge is 2.22. The first-order valence-electron chi connectivity index (χ1n) is 9.30. The lowest BCUT2D eigenvalue weighted by Crippen LogP contribution is -2.27. The van der Waals surface area contributed by atoms with Crippen LogP contribution in [0.15, 0.2) is 60.3 Å². The van der Waals surface area contributed by atoms with Crippen LogP contribution in [0, 0.1) is 23.7 Å². The largest absolute Gasteiger partial charge is 0.319 e. The van der Waals surface area contributed by atoms with E-state index < -0.39 is 0 Å². The molecule has 0 aromatic rings. The standard InChI is InChI=1S/C23H39N/c1-9-11-12-13-14-23(16-19(5)15-18(3)4)21(7)20(6)22(10-2)17-24-8/h9-15,18,20-22,24H,2,16-17H2,1,3-8H3/b11-9+,13-12-,19-15+,23-14-. The molecule has 0 spiro atoms. The van der Waals surface area contributed by atoms with Gasteiger partial charge in [0.25, 0.3) is 0 Å². The summed E-state index contributed by atoms with van der Waals surface area (Å²) in [6.45, 7) is 18.5. The van der Waals surface area contributed by atoms with Crippen LogP contribution in [0.3, 0.4) is 0 Å². The van der Waals surface area contributed by atoms with E-state index in [1.165, 1.54) is 11.1 Å². The zero-order valence-electron chi connectivity index (χ0n) is 17.0. The van der Waals surface area contributed by atoms with Gasteiger partial charge in [-0.1, -0.05) is 81.4 Å². The van der Waals surface area contributed by atoms with Crippen LogP contribution >= 0.6 is 0 Å². The molecule has 3 atom stereocenters. The molecule has 0 aromatic carbocycles. The van der Waals surface area contributed by atoms with Gasteiger partial charge >= 0.3 is 0 Å². The van der Waals surface area contributed by atoms with Crippen molar-refractivity contribution in [2.75, 3.05) is 13.6 Å². The fraction of sp³-hybridized carbons (Fsp3) is 0.565. The van der Waals surface area contributed by atoms with Crippen molar-refractivity contribution in [2.45, 2.75) is 48.0 Å². The van der Waals surface area contributed by atoms with Crippen molar-refractivity contribution in [2.24, 2.45) is 23.7 Å². The lowest BCUT2D eigenvalue weighted by Gasteiger charge is -2.29. The third kappa shape index (κ3) is 9.08. The van der Waals surface area contributed by atoms with E-state index in [-0.39, 0.29) is 0 Å². The van der Waals surface area contributed by atoms with E-state index >= 15 is 0 Å². The van der Waals surface area contributed by atoms with Crippen molar-refractivity contribution in [1.82, 2.24) is 5.32 Å². The number of allylic oxidation sites excluding steroid dienone is 8. The molecule has 1 N–H and O–H groups in total. The maximum Gasteiger partial charge on any atom is 0.00138 e. The van der Waals surface area contributed by atoms with Crippen LogP contribution in [-0.2, 0) is 0 Å². The number of nitrogens with one attached hydrogen (secondary N) is 1. The quantitative estimate of drug-likeness (QED) is 0.345. The lowest BCUT2D eigenvalue weighted by molar-refractivity contribution is 0.329. The molecule has 136 valence electrons. The molecule has 1 heteroatoms. The first-order valence-corrected chi connectivity index (χ1v) is 9.30. The predicted molar refractivity (Wildman–Crippen MR) is 111 cm³/mol. The zero-order valence-corrected chi connectivity index (χ0v) is 17.0. The third-order valence-electron chi connectivity index (χ3n) is 4.62. The molecule has 0 aliphatic heterocycles. The Kier molecular flexibility index (Phi) is 12.3. The van der Waals surface area contributed by atoms with Gasteiger partial charge in [0.05, 0.1) is 0 Å². The van der Waals surface area contributed by atoms with E-state index in [2.05, 4.69) is 89.0 Å². The fourth-order valence-electron chi connectivity index (χ4n) is 3.10. The maximum atomic E-state index is 4.04. The van der Waals surface area contributed by atoms with E-state index in [1.807, 2.05) is 14.0 Å². The lowest BCUT2D eigenvalue weighted by atomic mass is 9.78. The molecule has 0 fully saturated rings. The van der Waals surface area contributed by atoms with Gasteiger partial charge in [0.15, 0.2) is 0 Å². The summed E-state index contributed by atoms with van der Waals surface area (Å²) in [5.74, 6) is 2.17. The molecule has 0 radical (unpaired) electrons. The van der Waals surface area contributed by atoms with E-state index in [1.54, 1.807) is 0 Å². The average molecular weight is 330 g/mol. The van der Waals surface area contributed by atoms with E-state index in [9.17, 15) is 0 Å². The molecule has 0 heterocycles. The highest BCUT2D eigenvalue weighted by molar-refractivity contribution is 5.24. The Hall–Kier alpha value is -1.34. The first-order chi connectivity index (χ1) is 11.4. The molecule has 0 aliphatic carbocycles. The molecule has 0 aliphatic rings. The van der Waals surface area contributed by atoms with Gasteiger partial charge in [-0.25, -0.2) is 0 Å². The summed E-state index contributed by atoms with van der Waals surface area (Å²) in [5.41, 5.74) is 2.96. The monoisotopic (exact) mass is 329 g/mol. The van der Waals surface area contributed by atoms with Crippen LogP contribution in [0.1, 0.15) is 48.0 Å². The summed E-state index contributed by atoms with van der Waals surface area (Å²) in [5, 5.41) is 3.29. The Morgan fingerprint density at radius 3 is 2.25 bits per heavy atom. The summed E-state index contributed by atoms with van der Waals surface area (Å²) in [6, 6.07) is 0. The molecule has 0 bridgehead atoms. The highest BCUT2D eigenvalue weighted by Crippen LogP contribution is 2.31. The van der Waals surface area contributed by atoms with Crippen LogP contribution in [0.4, 0.5) is 0 Å². The number of hydrogen-bond donors (Lipinski definition) is 1. The Morgan fingerprint density at radius 1 is 1.08 bits per heavy atom. The fourth-order valence-corrected chi connectivity index (χ4v) is 3.10. The molecule has 3 unspecified atom stereocenters. The molecule has 0 aromatic heterocycles. The topological polar surface area (TPSA) is 12.0 Å². The Morgan fingerprint density at radius 2 is 1.75 bits per heavy atom. The van der Waals surface area contributed by atoms with Crippen molar-refractivity contribution in [3.05, 3.63) is 60.3 Å². The summed E-state index contributed by atoms with van der Waals surface area (Å²) in [4.78, 5) is 0. The third-order valence-corrected chi connectivity index (χ3v) is 4.62. The van der Waals surface area contributed by atoms with E-state index in [4.69, 9.17) is 0 Å². The van der Waals surface area contributed by atoms with Gasteiger partial charge in [-0.2, -0.15) is 0 Å². The van der Waals surface area contributed by atoms with Crippen molar-refractivity contribution >= 4 is 0 Å². The summed E-state index contributed by atoms with van der Waals surface area (Å²) in [7, 11) is 2.01. The van der Waals surface area contributed by atoms with Gasteiger partial charge in [-0.3, -0.25) is 0 Å². The minimum absolute atomic E-state index is 0.488. The van der Waals surface area contributed by atoms with Crippen molar-refractivity contribution in [3.8, 4) is 0 Å². The van der Waals surface area contributed by atoms with E-state index in [0.717, 1.165) is 13.0 Å². The van der Waals surface area contributed by atoms with Crippen LogP contribution < -0.4 is 5.32 Å². The summed E-state index contributed by atoms with van der Waals surface area (Å²) in [6.07, 6.45) is 16.2. The second kappa shape index (κ2) is 13.0. The minimum atomic E-state index is 0.488. The molecular formula is C23H39N. The van der Waals surface area contributed by atoms with Crippen molar-refractivity contribution in [1.29, 1.82) is 0 Å².